The third-order valence-electron chi connectivity index (χ3n) is 4.33. The molecule has 1 heterocycles. The molecule has 0 saturated carbocycles. The molecule has 158 valence electrons. The molecule has 1 N–H and O–H groups in total. The number of amides is 1. The van der Waals surface area contributed by atoms with Crippen molar-refractivity contribution in [2.24, 2.45) is 0 Å². The van der Waals surface area contributed by atoms with Crippen molar-refractivity contribution < 1.29 is 22.7 Å². The number of carbonyl (C=O) groups excluding carboxylic acids is 1. The van der Waals surface area contributed by atoms with E-state index in [-0.39, 0.29) is 5.56 Å². The summed E-state index contributed by atoms with van der Waals surface area (Å²) in [5.74, 6) is 0.334. The zero-order valence-corrected chi connectivity index (χ0v) is 17.7. The summed E-state index contributed by atoms with van der Waals surface area (Å²) in [6, 6.07) is 11.9. The van der Waals surface area contributed by atoms with Gasteiger partial charge in [0.05, 0.1) is 11.3 Å². The molecule has 0 aliphatic rings. The summed E-state index contributed by atoms with van der Waals surface area (Å²) in [7, 11) is 0. The van der Waals surface area contributed by atoms with E-state index in [9.17, 15) is 18.0 Å². The summed E-state index contributed by atoms with van der Waals surface area (Å²) < 4.78 is 46.4. The lowest BCUT2D eigenvalue weighted by Gasteiger charge is -2.16. The summed E-state index contributed by atoms with van der Waals surface area (Å²) in [6.45, 7) is 3.36. The van der Waals surface area contributed by atoms with E-state index in [0.717, 1.165) is 16.6 Å². The van der Waals surface area contributed by atoms with E-state index in [1.807, 2.05) is 19.1 Å². The number of benzene rings is 2. The Morgan fingerprint density at radius 2 is 1.93 bits per heavy atom. The molecule has 0 unspecified atom stereocenters. The van der Waals surface area contributed by atoms with Gasteiger partial charge in [0.1, 0.15) is 11.8 Å². The van der Waals surface area contributed by atoms with Gasteiger partial charge in [0.2, 0.25) is 0 Å². The molecule has 6 nitrogen and oxygen atoms in total. The number of halogens is 4. The molecule has 0 spiro atoms. The number of hydrogen-bond donors (Lipinski definition) is 1. The summed E-state index contributed by atoms with van der Waals surface area (Å²) in [5, 5.41) is 10.8. The summed E-state index contributed by atoms with van der Waals surface area (Å²) >= 11 is 3.36. The van der Waals surface area contributed by atoms with E-state index < -0.39 is 23.9 Å². The minimum atomic E-state index is -4.48. The largest absolute Gasteiger partial charge is 0.441 e. The predicted octanol–water partition coefficient (Wildman–Crippen LogP) is 5.92. The number of aromatic nitrogens is 3. The number of anilines is 1. The molecular formula is C20H18BrF3N4O2. The second kappa shape index (κ2) is 8.86. The fourth-order valence-corrected chi connectivity index (χ4v) is 3.03. The fraction of sp³-hybridized carbons (Fsp3) is 0.250. The van der Waals surface area contributed by atoms with E-state index in [1.54, 1.807) is 12.1 Å². The number of carbonyl (C=O) groups is 1. The van der Waals surface area contributed by atoms with Gasteiger partial charge in [0.25, 0.3) is 0 Å². The maximum atomic E-state index is 12.9. The molecular weight excluding hydrogens is 465 g/mol. The molecule has 30 heavy (non-hydrogen) atoms. The Morgan fingerprint density at radius 3 is 2.57 bits per heavy atom. The van der Waals surface area contributed by atoms with Gasteiger partial charge in [-0.05, 0) is 55.3 Å². The number of ether oxygens (including phenoxy) is 1. The van der Waals surface area contributed by atoms with Crippen LogP contribution in [0.15, 0.2) is 53.0 Å². The second-order valence-electron chi connectivity index (χ2n) is 6.42. The molecule has 0 saturated heterocycles. The van der Waals surface area contributed by atoms with E-state index in [1.165, 1.54) is 23.7 Å². The molecule has 1 amide bonds. The van der Waals surface area contributed by atoms with Crippen molar-refractivity contribution in [1.82, 2.24) is 15.0 Å². The summed E-state index contributed by atoms with van der Waals surface area (Å²) in [6.07, 6.45) is -5.68. The predicted molar refractivity (Wildman–Crippen MR) is 108 cm³/mol. The monoisotopic (exact) mass is 482 g/mol. The van der Waals surface area contributed by atoms with Crippen molar-refractivity contribution >= 4 is 27.8 Å². The van der Waals surface area contributed by atoms with Crippen LogP contribution in [0.1, 0.15) is 36.8 Å². The maximum Gasteiger partial charge on any atom is 0.416 e. The summed E-state index contributed by atoms with van der Waals surface area (Å²) in [5.41, 5.74) is 0.644. The lowest BCUT2D eigenvalue weighted by Crippen LogP contribution is -2.19. The minimum absolute atomic E-state index is 0.232. The molecule has 0 radical (unpaired) electrons. The van der Waals surface area contributed by atoms with Crippen LogP contribution >= 0.6 is 15.9 Å². The second-order valence-corrected chi connectivity index (χ2v) is 7.34. The van der Waals surface area contributed by atoms with Gasteiger partial charge in [-0.15, -0.1) is 5.10 Å². The van der Waals surface area contributed by atoms with Crippen LogP contribution < -0.4 is 5.32 Å². The van der Waals surface area contributed by atoms with Crippen molar-refractivity contribution in [1.29, 1.82) is 0 Å². The Labute approximate surface area is 179 Å². The average Bonchev–Trinajstić information content (AvgIpc) is 3.10. The Hall–Kier alpha value is -2.88. The zero-order chi connectivity index (χ0) is 21.9. The van der Waals surface area contributed by atoms with Crippen LogP contribution in [0.5, 0.6) is 0 Å². The highest BCUT2D eigenvalue weighted by Gasteiger charge is 2.31. The number of hydrogen-bond acceptors (Lipinski definition) is 4. The molecule has 2 aromatic carbocycles. The van der Waals surface area contributed by atoms with Crippen LogP contribution in [0.25, 0.3) is 5.69 Å². The molecule has 0 bridgehead atoms. The lowest BCUT2D eigenvalue weighted by atomic mass is 10.1. The van der Waals surface area contributed by atoms with E-state index in [0.29, 0.717) is 23.6 Å². The quantitative estimate of drug-likeness (QED) is 0.489. The van der Waals surface area contributed by atoms with Gasteiger partial charge in [0.15, 0.2) is 5.82 Å². The third-order valence-corrected chi connectivity index (χ3v) is 4.86. The number of nitrogens with zero attached hydrogens (tertiary/aromatic N) is 3. The van der Waals surface area contributed by atoms with Crippen LogP contribution in [0.4, 0.5) is 23.8 Å². The van der Waals surface area contributed by atoms with Crippen LogP contribution in [-0.2, 0) is 17.3 Å². The first-order valence-electron chi connectivity index (χ1n) is 9.04. The van der Waals surface area contributed by atoms with Gasteiger partial charge in [-0.3, -0.25) is 5.32 Å². The zero-order valence-electron chi connectivity index (χ0n) is 16.1. The molecule has 3 aromatic rings. The number of rotatable bonds is 5. The van der Waals surface area contributed by atoms with Gasteiger partial charge < -0.3 is 4.74 Å². The van der Waals surface area contributed by atoms with E-state index in [4.69, 9.17) is 4.74 Å². The number of alkyl halides is 3. The Kier molecular flexibility index (Phi) is 6.45. The van der Waals surface area contributed by atoms with Gasteiger partial charge in [0, 0.05) is 4.47 Å². The van der Waals surface area contributed by atoms with Gasteiger partial charge in [-0.2, -0.15) is 17.9 Å². The van der Waals surface area contributed by atoms with Crippen molar-refractivity contribution in [2.45, 2.75) is 32.5 Å². The van der Waals surface area contributed by atoms with Gasteiger partial charge >= 0.3 is 12.3 Å². The van der Waals surface area contributed by atoms with E-state index >= 15 is 0 Å². The summed E-state index contributed by atoms with van der Waals surface area (Å²) in [4.78, 5) is 12.4. The lowest BCUT2D eigenvalue weighted by molar-refractivity contribution is -0.137. The van der Waals surface area contributed by atoms with Crippen LogP contribution in [0.3, 0.4) is 0 Å². The van der Waals surface area contributed by atoms with Crippen molar-refractivity contribution in [3.05, 3.63) is 69.8 Å². The van der Waals surface area contributed by atoms with Crippen molar-refractivity contribution in [3.8, 4) is 5.69 Å². The Morgan fingerprint density at radius 1 is 1.23 bits per heavy atom. The van der Waals surface area contributed by atoms with E-state index in [2.05, 4.69) is 31.6 Å². The first-order valence-corrected chi connectivity index (χ1v) is 9.83. The third kappa shape index (κ3) is 4.99. The highest BCUT2D eigenvalue weighted by Crippen LogP contribution is 2.31. The molecule has 1 atom stereocenters. The molecule has 0 aliphatic carbocycles. The van der Waals surface area contributed by atoms with Crippen molar-refractivity contribution in [2.75, 3.05) is 5.32 Å². The number of aryl methyl sites for hydroxylation is 1. The Bertz CT molecular complexity index is 1040. The molecule has 10 heteroatoms. The normalized spacial score (nSPS) is 12.5. The molecule has 3 rings (SSSR count). The molecule has 0 aliphatic heterocycles. The fourth-order valence-electron chi connectivity index (χ4n) is 2.76. The maximum absolute atomic E-state index is 12.9. The Balaban J connectivity index is 1.78. The van der Waals surface area contributed by atoms with Gasteiger partial charge in [-0.1, -0.05) is 40.2 Å². The molecule has 0 fully saturated rings. The topological polar surface area (TPSA) is 69.0 Å². The highest BCUT2D eigenvalue weighted by molar-refractivity contribution is 9.10. The van der Waals surface area contributed by atoms with Crippen LogP contribution in [-0.4, -0.2) is 21.1 Å². The first-order chi connectivity index (χ1) is 14.2. The van der Waals surface area contributed by atoms with Crippen LogP contribution in [0, 0.1) is 0 Å². The smallest absolute Gasteiger partial charge is 0.416 e. The first kappa shape index (κ1) is 21.8. The highest BCUT2D eigenvalue weighted by atomic mass is 79.9. The SMILES string of the molecule is CCc1nnn(-c2ccc(Br)cc2)c1NC(=O)O[C@H](C)c1cccc(C(F)(F)F)c1. The van der Waals surface area contributed by atoms with Gasteiger partial charge in [-0.25, -0.2) is 4.79 Å². The number of nitrogens with one attached hydrogen (secondary N) is 1. The minimum Gasteiger partial charge on any atom is -0.441 e. The van der Waals surface area contributed by atoms with Crippen LogP contribution in [0.2, 0.25) is 0 Å². The standard InChI is InChI=1S/C20H18BrF3N4O2/c1-3-17-18(28(27-26-17)16-9-7-15(21)8-10-16)25-19(29)30-12(2)13-5-4-6-14(11-13)20(22,23)24/h4-12H,3H2,1-2H3,(H,25,29)/t12-/m1/s1. The molecule has 1 aromatic heterocycles. The average molecular weight is 483 g/mol. The van der Waals surface area contributed by atoms with Crippen molar-refractivity contribution in [3.63, 3.8) is 0 Å².